The fraction of sp³-hybridized carbons (Fsp3) is 0.900. The maximum absolute atomic E-state index is 11.7. The second kappa shape index (κ2) is 7.76. The Labute approximate surface area is 86.4 Å². The molecule has 4 nitrogen and oxygen atoms in total. The molecule has 0 saturated carbocycles. The minimum atomic E-state index is -0.0402. The molecule has 0 heterocycles. The van der Waals surface area contributed by atoms with Gasteiger partial charge in [0.25, 0.3) is 0 Å². The Morgan fingerprint density at radius 1 is 1.50 bits per heavy atom. The van der Waals surface area contributed by atoms with Gasteiger partial charge >= 0.3 is 0 Å². The van der Waals surface area contributed by atoms with Crippen molar-refractivity contribution in [3.05, 3.63) is 0 Å². The Bertz CT molecular complexity index is 158. The van der Waals surface area contributed by atoms with Gasteiger partial charge in [-0.15, -0.1) is 0 Å². The predicted molar refractivity (Wildman–Crippen MR) is 57.0 cm³/mol. The smallest absolute Gasteiger partial charge is 0.226 e. The summed E-state index contributed by atoms with van der Waals surface area (Å²) in [4.78, 5) is 13.4. The molecule has 0 aromatic carbocycles. The molecule has 0 bridgehead atoms. The number of rotatable bonds is 7. The van der Waals surface area contributed by atoms with Crippen molar-refractivity contribution in [3.8, 4) is 0 Å². The first kappa shape index (κ1) is 13.4. The van der Waals surface area contributed by atoms with Gasteiger partial charge in [0.15, 0.2) is 0 Å². The third-order valence-electron chi connectivity index (χ3n) is 2.28. The Hall–Kier alpha value is -0.610. The number of ether oxygens (including phenoxy) is 1. The number of carbonyl (C=O) groups excluding carboxylic acids is 1. The normalized spacial score (nSPS) is 12.6. The lowest BCUT2D eigenvalue weighted by atomic mass is 10.1. The van der Waals surface area contributed by atoms with Crippen molar-refractivity contribution < 1.29 is 9.53 Å². The molecule has 0 rings (SSSR count). The number of hydrogen-bond donors (Lipinski definition) is 1. The van der Waals surface area contributed by atoms with E-state index in [0.717, 1.165) is 6.42 Å². The van der Waals surface area contributed by atoms with Crippen LogP contribution in [0.25, 0.3) is 0 Å². The van der Waals surface area contributed by atoms with Crippen LogP contribution in [0.4, 0.5) is 0 Å². The van der Waals surface area contributed by atoms with Crippen LogP contribution in [0, 0.1) is 5.92 Å². The maximum atomic E-state index is 11.7. The quantitative estimate of drug-likeness (QED) is 0.610. The molecule has 0 aliphatic carbocycles. The van der Waals surface area contributed by atoms with Gasteiger partial charge in [0.1, 0.15) is 0 Å². The van der Waals surface area contributed by atoms with Crippen molar-refractivity contribution in [2.24, 2.45) is 11.7 Å². The Kier molecular flexibility index (Phi) is 7.42. The number of amides is 1. The number of hydrogen-bond acceptors (Lipinski definition) is 3. The lowest BCUT2D eigenvalue weighted by Crippen LogP contribution is -2.38. The zero-order valence-corrected chi connectivity index (χ0v) is 9.45. The minimum Gasteiger partial charge on any atom is -0.380 e. The van der Waals surface area contributed by atoms with Gasteiger partial charge in [-0.05, 0) is 13.3 Å². The fourth-order valence-electron chi connectivity index (χ4n) is 1.21. The van der Waals surface area contributed by atoms with Gasteiger partial charge in [-0.25, -0.2) is 0 Å². The van der Waals surface area contributed by atoms with E-state index >= 15 is 0 Å². The summed E-state index contributed by atoms with van der Waals surface area (Å²) in [6.45, 7) is 6.27. The average molecular weight is 202 g/mol. The fourth-order valence-corrected chi connectivity index (χ4v) is 1.21. The number of carbonyl (C=O) groups is 1. The van der Waals surface area contributed by atoms with Crippen LogP contribution in [-0.2, 0) is 9.53 Å². The first-order valence-electron chi connectivity index (χ1n) is 5.20. The topological polar surface area (TPSA) is 55.6 Å². The minimum absolute atomic E-state index is 0.0402. The first-order chi connectivity index (χ1) is 6.67. The summed E-state index contributed by atoms with van der Waals surface area (Å²) in [5, 5.41) is 0. The third-order valence-corrected chi connectivity index (χ3v) is 2.28. The SMILES string of the molecule is CCOCCN(C)C(=O)C(CC)CN. The summed E-state index contributed by atoms with van der Waals surface area (Å²) >= 11 is 0. The Balaban J connectivity index is 3.84. The molecule has 0 fully saturated rings. The highest BCUT2D eigenvalue weighted by Gasteiger charge is 2.18. The van der Waals surface area contributed by atoms with Crippen molar-refractivity contribution in [1.82, 2.24) is 4.90 Å². The van der Waals surface area contributed by atoms with Gasteiger partial charge in [0, 0.05) is 26.7 Å². The van der Waals surface area contributed by atoms with E-state index < -0.39 is 0 Å². The van der Waals surface area contributed by atoms with Crippen LogP contribution in [-0.4, -0.2) is 44.2 Å². The van der Waals surface area contributed by atoms with Crippen LogP contribution in [0.5, 0.6) is 0 Å². The lowest BCUT2D eigenvalue weighted by molar-refractivity contribution is -0.134. The molecule has 2 N–H and O–H groups in total. The van der Waals surface area contributed by atoms with Crippen LogP contribution < -0.4 is 5.73 Å². The molecule has 1 unspecified atom stereocenters. The molecule has 0 spiro atoms. The highest BCUT2D eigenvalue weighted by Crippen LogP contribution is 2.04. The van der Waals surface area contributed by atoms with Crippen molar-refractivity contribution in [2.75, 3.05) is 33.4 Å². The van der Waals surface area contributed by atoms with Crippen LogP contribution in [0.1, 0.15) is 20.3 Å². The second-order valence-corrected chi connectivity index (χ2v) is 3.30. The van der Waals surface area contributed by atoms with E-state index in [-0.39, 0.29) is 11.8 Å². The molecule has 0 aliphatic heterocycles. The molecule has 0 saturated heterocycles. The number of likely N-dealkylation sites (N-methyl/N-ethyl adjacent to an activating group) is 1. The van der Waals surface area contributed by atoms with Gasteiger partial charge < -0.3 is 15.4 Å². The zero-order valence-electron chi connectivity index (χ0n) is 9.45. The van der Waals surface area contributed by atoms with Gasteiger partial charge in [0.2, 0.25) is 5.91 Å². The van der Waals surface area contributed by atoms with Crippen LogP contribution >= 0.6 is 0 Å². The largest absolute Gasteiger partial charge is 0.380 e. The number of nitrogens with two attached hydrogens (primary N) is 1. The van der Waals surface area contributed by atoms with Crippen LogP contribution in [0.15, 0.2) is 0 Å². The monoisotopic (exact) mass is 202 g/mol. The summed E-state index contributed by atoms with van der Waals surface area (Å²) in [5.41, 5.74) is 5.50. The van der Waals surface area contributed by atoms with Crippen molar-refractivity contribution in [1.29, 1.82) is 0 Å². The molecular formula is C10H22N2O2. The highest BCUT2D eigenvalue weighted by molar-refractivity contribution is 5.78. The summed E-state index contributed by atoms with van der Waals surface area (Å²) in [7, 11) is 1.79. The van der Waals surface area contributed by atoms with Gasteiger partial charge in [-0.2, -0.15) is 0 Å². The molecule has 0 aromatic rings. The van der Waals surface area contributed by atoms with Crippen molar-refractivity contribution in [2.45, 2.75) is 20.3 Å². The molecule has 14 heavy (non-hydrogen) atoms. The Morgan fingerprint density at radius 2 is 2.14 bits per heavy atom. The van der Waals surface area contributed by atoms with Crippen molar-refractivity contribution >= 4 is 5.91 Å². The summed E-state index contributed by atoms with van der Waals surface area (Å²) in [6.07, 6.45) is 0.800. The van der Waals surface area contributed by atoms with E-state index in [1.54, 1.807) is 11.9 Å². The van der Waals surface area contributed by atoms with Crippen LogP contribution in [0.2, 0.25) is 0 Å². The molecule has 1 amide bonds. The summed E-state index contributed by atoms with van der Waals surface area (Å²) in [6, 6.07) is 0. The molecule has 1 atom stereocenters. The average Bonchev–Trinajstić information content (AvgIpc) is 2.19. The molecule has 84 valence electrons. The van der Waals surface area contributed by atoms with Crippen LogP contribution in [0.3, 0.4) is 0 Å². The van der Waals surface area contributed by atoms with E-state index in [1.807, 2.05) is 13.8 Å². The molecule has 0 aliphatic rings. The van der Waals surface area contributed by atoms with E-state index in [9.17, 15) is 4.79 Å². The molecule has 4 heteroatoms. The standard InChI is InChI=1S/C10H22N2O2/c1-4-9(8-11)10(13)12(3)6-7-14-5-2/h9H,4-8,11H2,1-3H3. The molecular weight excluding hydrogens is 180 g/mol. The first-order valence-corrected chi connectivity index (χ1v) is 5.20. The second-order valence-electron chi connectivity index (χ2n) is 3.30. The van der Waals surface area contributed by atoms with Crippen molar-refractivity contribution in [3.63, 3.8) is 0 Å². The highest BCUT2D eigenvalue weighted by atomic mass is 16.5. The van der Waals surface area contributed by atoms with E-state index in [1.165, 1.54) is 0 Å². The van der Waals surface area contributed by atoms with E-state index in [0.29, 0.717) is 26.3 Å². The third kappa shape index (κ3) is 4.58. The Morgan fingerprint density at radius 3 is 2.57 bits per heavy atom. The van der Waals surface area contributed by atoms with Gasteiger partial charge in [-0.1, -0.05) is 6.92 Å². The predicted octanol–water partition coefficient (Wildman–Crippen LogP) is 0.466. The van der Waals surface area contributed by atoms with Gasteiger partial charge in [0.05, 0.1) is 12.5 Å². The summed E-state index contributed by atoms with van der Waals surface area (Å²) in [5.74, 6) is 0.0799. The lowest BCUT2D eigenvalue weighted by Gasteiger charge is -2.21. The summed E-state index contributed by atoms with van der Waals surface area (Å²) < 4.78 is 5.18. The zero-order chi connectivity index (χ0) is 11.0. The number of nitrogens with zero attached hydrogens (tertiary/aromatic N) is 1. The molecule has 0 aromatic heterocycles. The maximum Gasteiger partial charge on any atom is 0.226 e. The van der Waals surface area contributed by atoms with Gasteiger partial charge in [-0.3, -0.25) is 4.79 Å². The van der Waals surface area contributed by atoms with E-state index in [2.05, 4.69) is 0 Å². The molecule has 0 radical (unpaired) electrons. The van der Waals surface area contributed by atoms with E-state index in [4.69, 9.17) is 10.5 Å².